The lowest BCUT2D eigenvalue weighted by molar-refractivity contribution is -0.118. The van der Waals surface area contributed by atoms with E-state index >= 15 is 4.39 Å². The van der Waals surface area contributed by atoms with Gasteiger partial charge in [-0.1, -0.05) is 50.2 Å². The maximum absolute atomic E-state index is 16.0. The van der Waals surface area contributed by atoms with Crippen molar-refractivity contribution in [2.24, 2.45) is 5.92 Å². The molecule has 0 radical (unpaired) electrons. The van der Waals surface area contributed by atoms with Crippen molar-refractivity contribution in [3.8, 4) is 0 Å². The second-order valence-electron chi connectivity index (χ2n) is 9.59. The molecule has 1 fully saturated rings. The third-order valence-corrected chi connectivity index (χ3v) is 7.90. The lowest BCUT2D eigenvalue weighted by Crippen LogP contribution is -2.35. The lowest BCUT2D eigenvalue weighted by Gasteiger charge is -2.22. The summed E-state index contributed by atoms with van der Waals surface area (Å²) in [6, 6.07) is 16.4. The maximum Gasteiger partial charge on any atom is 0.338 e. The highest BCUT2D eigenvalue weighted by molar-refractivity contribution is 8.00. The number of benzene rings is 2. The number of aromatic amines is 1. The third-order valence-electron chi connectivity index (χ3n) is 6.38. The average molecular weight is 580 g/mol. The monoisotopic (exact) mass is 579 g/mol. The summed E-state index contributed by atoms with van der Waals surface area (Å²) >= 11 is 1.06. The molecule has 1 aliphatic heterocycles. The molecular weight excluding hydrogens is 553 g/mol. The lowest BCUT2D eigenvalue weighted by atomic mass is 10.1. The van der Waals surface area contributed by atoms with E-state index in [1.807, 2.05) is 0 Å². The van der Waals surface area contributed by atoms with Gasteiger partial charge in [0.15, 0.2) is 23.4 Å². The molecule has 1 aliphatic rings. The first-order chi connectivity index (χ1) is 19.7. The zero-order valence-corrected chi connectivity index (χ0v) is 22.8. The van der Waals surface area contributed by atoms with Crippen LogP contribution in [0.4, 0.5) is 10.3 Å². The SMILES string of the molecule is CC(C)C(=O)Nc1nc2c(ncn2C2SC(COC(=O)c3ccccc3)C(F)C2OC(=O)c2ccccc2)c(=O)[nH]1. The van der Waals surface area contributed by atoms with Crippen LogP contribution in [0.15, 0.2) is 71.8 Å². The normalized spacial score (nSPS) is 20.2. The number of nitrogens with one attached hydrogen (secondary N) is 2. The molecular formula is C28H26FN5O6S. The molecule has 1 saturated heterocycles. The Bertz CT molecular complexity index is 1630. The molecule has 0 aliphatic carbocycles. The van der Waals surface area contributed by atoms with E-state index in [0.717, 1.165) is 11.8 Å². The van der Waals surface area contributed by atoms with Crippen molar-refractivity contribution in [2.45, 2.75) is 36.7 Å². The van der Waals surface area contributed by atoms with E-state index in [-0.39, 0.29) is 41.1 Å². The third kappa shape index (κ3) is 5.99. The molecule has 0 bridgehead atoms. The Balaban J connectivity index is 1.46. The first-order valence-corrected chi connectivity index (χ1v) is 13.7. The van der Waals surface area contributed by atoms with Gasteiger partial charge in [0.2, 0.25) is 11.9 Å². The van der Waals surface area contributed by atoms with Crippen molar-refractivity contribution in [3.63, 3.8) is 0 Å². The van der Waals surface area contributed by atoms with Crippen LogP contribution in [-0.2, 0) is 14.3 Å². The molecule has 2 aromatic heterocycles. The maximum atomic E-state index is 16.0. The number of carbonyl (C=O) groups excluding carboxylic acids is 3. The fraction of sp³-hybridized carbons (Fsp3) is 0.286. The molecule has 4 atom stereocenters. The average Bonchev–Trinajstić information content (AvgIpc) is 3.53. The van der Waals surface area contributed by atoms with Crippen LogP contribution < -0.4 is 10.9 Å². The molecule has 4 unspecified atom stereocenters. The Hall–Kier alpha value is -4.52. The van der Waals surface area contributed by atoms with Gasteiger partial charge in [-0.05, 0) is 24.3 Å². The topological polar surface area (TPSA) is 145 Å². The van der Waals surface area contributed by atoms with Crippen LogP contribution in [0.5, 0.6) is 0 Å². The molecule has 3 heterocycles. The molecule has 1 amide bonds. The van der Waals surface area contributed by atoms with Gasteiger partial charge in [-0.2, -0.15) is 4.98 Å². The predicted molar refractivity (Wildman–Crippen MR) is 149 cm³/mol. The number of ether oxygens (including phenoxy) is 2. The number of nitrogens with zero attached hydrogens (tertiary/aromatic N) is 3. The Morgan fingerprint density at radius 2 is 1.68 bits per heavy atom. The minimum atomic E-state index is -1.75. The van der Waals surface area contributed by atoms with Gasteiger partial charge in [-0.3, -0.25) is 24.5 Å². The largest absolute Gasteiger partial charge is 0.461 e. The van der Waals surface area contributed by atoms with Gasteiger partial charge >= 0.3 is 11.9 Å². The van der Waals surface area contributed by atoms with Crippen LogP contribution >= 0.6 is 11.8 Å². The van der Waals surface area contributed by atoms with Crippen molar-refractivity contribution in [2.75, 3.05) is 11.9 Å². The van der Waals surface area contributed by atoms with Gasteiger partial charge in [-0.25, -0.2) is 19.0 Å². The summed E-state index contributed by atoms with van der Waals surface area (Å²) in [7, 11) is 0. The molecule has 13 heteroatoms. The number of halogens is 1. The minimum absolute atomic E-state index is 0.0457. The highest BCUT2D eigenvalue weighted by Gasteiger charge is 2.49. The highest BCUT2D eigenvalue weighted by Crippen LogP contribution is 2.46. The molecule has 212 valence electrons. The van der Waals surface area contributed by atoms with E-state index in [9.17, 15) is 19.2 Å². The number of carbonyl (C=O) groups is 3. The van der Waals surface area contributed by atoms with Crippen molar-refractivity contribution < 1.29 is 28.2 Å². The summed E-state index contributed by atoms with van der Waals surface area (Å²) in [5, 5.41) is 0.701. The van der Waals surface area contributed by atoms with Crippen LogP contribution in [-0.4, -0.2) is 61.5 Å². The summed E-state index contributed by atoms with van der Waals surface area (Å²) in [6.45, 7) is 3.07. The smallest absolute Gasteiger partial charge is 0.338 e. The van der Waals surface area contributed by atoms with Crippen LogP contribution in [0.25, 0.3) is 11.2 Å². The van der Waals surface area contributed by atoms with Gasteiger partial charge < -0.3 is 9.47 Å². The molecule has 5 rings (SSSR count). The second-order valence-corrected chi connectivity index (χ2v) is 11.0. The molecule has 4 aromatic rings. The van der Waals surface area contributed by atoms with Gasteiger partial charge in [0, 0.05) is 5.92 Å². The number of hydrogen-bond donors (Lipinski definition) is 2. The Kier molecular flexibility index (Phi) is 8.15. The summed E-state index contributed by atoms with van der Waals surface area (Å²) in [5.74, 6) is -2.21. The zero-order valence-electron chi connectivity index (χ0n) is 22.0. The van der Waals surface area contributed by atoms with Gasteiger partial charge in [0.25, 0.3) is 5.56 Å². The first-order valence-electron chi connectivity index (χ1n) is 12.8. The molecule has 0 spiro atoms. The standard InChI is InChI=1S/C28H26FN5O6S/c1-15(2)23(35)32-28-31-22-20(24(36)33-28)30-14-34(22)25-21(40-27(38)17-11-7-4-8-12-17)19(29)18(41-25)13-39-26(37)16-9-5-3-6-10-16/h3-12,14-15,18-19,21,25H,13H2,1-2H3,(H2,31,32,33,35,36). The van der Waals surface area contributed by atoms with Crippen LogP contribution in [0.2, 0.25) is 0 Å². The quantitative estimate of drug-likeness (QED) is 0.298. The van der Waals surface area contributed by atoms with E-state index in [1.165, 1.54) is 10.9 Å². The van der Waals surface area contributed by atoms with E-state index < -0.39 is 40.4 Å². The number of H-pyrrole nitrogens is 1. The van der Waals surface area contributed by atoms with Crippen molar-refractivity contribution in [1.29, 1.82) is 0 Å². The number of hydrogen-bond acceptors (Lipinski definition) is 9. The molecule has 2 N–H and O–H groups in total. The van der Waals surface area contributed by atoms with Crippen molar-refractivity contribution >= 4 is 46.7 Å². The zero-order chi connectivity index (χ0) is 29.1. The number of aromatic nitrogens is 4. The fourth-order valence-electron chi connectivity index (χ4n) is 4.19. The minimum Gasteiger partial charge on any atom is -0.461 e. The number of anilines is 1. The number of thioether (sulfide) groups is 1. The number of esters is 2. The predicted octanol–water partition coefficient (Wildman–Crippen LogP) is 3.75. The summed E-state index contributed by atoms with van der Waals surface area (Å²) in [4.78, 5) is 61.4. The fourth-order valence-corrected chi connectivity index (χ4v) is 5.65. The van der Waals surface area contributed by atoms with Crippen LogP contribution in [0.3, 0.4) is 0 Å². The Morgan fingerprint density at radius 3 is 2.32 bits per heavy atom. The van der Waals surface area contributed by atoms with Gasteiger partial charge in [0.05, 0.1) is 22.7 Å². The highest BCUT2D eigenvalue weighted by atomic mass is 32.2. The summed E-state index contributed by atoms with van der Waals surface area (Å²) in [5.41, 5.74) is -0.0599. The number of rotatable bonds is 8. The van der Waals surface area contributed by atoms with Crippen molar-refractivity contribution in [3.05, 3.63) is 88.5 Å². The first kappa shape index (κ1) is 28.0. The number of fused-ring (bicyclic) bond motifs is 1. The summed E-state index contributed by atoms with van der Waals surface area (Å²) < 4.78 is 28.5. The van der Waals surface area contributed by atoms with Crippen LogP contribution in [0, 0.1) is 5.92 Å². The van der Waals surface area contributed by atoms with Crippen LogP contribution in [0.1, 0.15) is 39.9 Å². The number of alkyl halides is 1. The van der Waals surface area contributed by atoms with Gasteiger partial charge in [-0.15, -0.1) is 11.8 Å². The van der Waals surface area contributed by atoms with E-state index in [0.29, 0.717) is 5.56 Å². The number of amides is 1. The Morgan fingerprint density at radius 1 is 1.05 bits per heavy atom. The van der Waals surface area contributed by atoms with E-state index in [4.69, 9.17) is 9.47 Å². The molecule has 11 nitrogen and oxygen atoms in total. The Labute approximate surface area is 237 Å². The van der Waals surface area contributed by atoms with E-state index in [1.54, 1.807) is 74.5 Å². The van der Waals surface area contributed by atoms with E-state index in [2.05, 4.69) is 20.3 Å². The number of imidazole rings is 1. The second kappa shape index (κ2) is 11.9. The molecule has 41 heavy (non-hydrogen) atoms. The van der Waals surface area contributed by atoms with Gasteiger partial charge in [0.1, 0.15) is 12.0 Å². The summed E-state index contributed by atoms with van der Waals surface area (Å²) in [6.07, 6.45) is -1.80. The van der Waals surface area contributed by atoms with Crippen molar-refractivity contribution in [1.82, 2.24) is 19.5 Å². The molecule has 0 saturated carbocycles. The molecule has 2 aromatic carbocycles.